The first kappa shape index (κ1) is 12.7. The first-order valence-electron chi connectivity index (χ1n) is 5.63. The van der Waals surface area contributed by atoms with Crippen LogP contribution in [0.1, 0.15) is 26.6 Å². The largest absolute Gasteiger partial charge is 0.366 e. The highest BCUT2D eigenvalue weighted by Gasteiger charge is 2.12. The van der Waals surface area contributed by atoms with Crippen LogP contribution in [0.2, 0.25) is 0 Å². The number of nitrogens with two attached hydrogens (primary N) is 1. The van der Waals surface area contributed by atoms with Gasteiger partial charge in [-0.25, -0.2) is 4.98 Å². The molecule has 1 unspecified atom stereocenters. The summed E-state index contributed by atoms with van der Waals surface area (Å²) in [6, 6.07) is 1.60. The Kier molecular flexibility index (Phi) is 4.49. The Morgan fingerprint density at radius 3 is 2.75 bits per heavy atom. The number of hydrogen-bond acceptors (Lipinski definition) is 4. The van der Waals surface area contributed by atoms with Crippen LogP contribution in [0.4, 0.5) is 5.82 Å². The number of nitrogens with zero attached hydrogens (tertiary/aromatic N) is 1. The number of anilines is 1. The second-order valence-electron chi connectivity index (χ2n) is 4.16. The van der Waals surface area contributed by atoms with Crippen molar-refractivity contribution >= 4 is 5.82 Å². The number of H-pyrrole nitrogens is 1. The summed E-state index contributed by atoms with van der Waals surface area (Å²) in [7, 11) is 0. The Balaban J connectivity index is 2.87. The molecule has 1 rings (SSSR count). The molecule has 0 aliphatic rings. The molecule has 1 aromatic heterocycles. The van der Waals surface area contributed by atoms with E-state index in [1.807, 2.05) is 6.92 Å². The minimum Gasteiger partial charge on any atom is -0.366 e. The summed E-state index contributed by atoms with van der Waals surface area (Å²) in [5, 5.41) is 3.19. The van der Waals surface area contributed by atoms with Gasteiger partial charge in [0.15, 0.2) is 0 Å². The molecule has 0 saturated heterocycles. The summed E-state index contributed by atoms with van der Waals surface area (Å²) in [5.41, 5.74) is 5.52. The Morgan fingerprint density at radius 1 is 1.56 bits per heavy atom. The average molecular weight is 224 g/mol. The van der Waals surface area contributed by atoms with Crippen molar-refractivity contribution in [2.45, 2.75) is 33.2 Å². The van der Waals surface area contributed by atoms with Crippen molar-refractivity contribution in [3.63, 3.8) is 0 Å². The molecule has 1 heterocycles. The van der Waals surface area contributed by atoms with Crippen molar-refractivity contribution in [2.75, 3.05) is 11.9 Å². The summed E-state index contributed by atoms with van der Waals surface area (Å²) < 4.78 is 0. The molecule has 0 fully saturated rings. The maximum atomic E-state index is 11.3. The van der Waals surface area contributed by atoms with E-state index in [1.54, 1.807) is 0 Å². The van der Waals surface area contributed by atoms with Crippen LogP contribution in [0.5, 0.6) is 0 Å². The number of aromatic amines is 1. The van der Waals surface area contributed by atoms with E-state index in [0.717, 1.165) is 0 Å². The van der Waals surface area contributed by atoms with Gasteiger partial charge in [0.25, 0.3) is 5.56 Å². The molecule has 1 atom stereocenters. The molecule has 0 aliphatic carbocycles. The lowest BCUT2D eigenvalue weighted by atomic mass is 10.1. The number of aromatic nitrogens is 2. The summed E-state index contributed by atoms with van der Waals surface area (Å²) in [5.74, 6) is 1.69. The van der Waals surface area contributed by atoms with E-state index < -0.39 is 0 Å². The van der Waals surface area contributed by atoms with Gasteiger partial charge in [-0.1, -0.05) is 20.8 Å². The standard InChI is InChI=1S/C11H20N4O/c1-4-9-14-10(5-11(16)15-9)13-8(6-12)7(2)3/h5,7-8H,4,6,12H2,1-3H3,(H2,13,14,15,16). The monoisotopic (exact) mass is 224 g/mol. The number of aryl methyl sites for hydroxylation is 1. The zero-order valence-corrected chi connectivity index (χ0v) is 10.1. The maximum absolute atomic E-state index is 11.3. The quantitative estimate of drug-likeness (QED) is 0.688. The second kappa shape index (κ2) is 5.65. The molecule has 4 N–H and O–H groups in total. The number of rotatable bonds is 5. The maximum Gasteiger partial charge on any atom is 0.252 e. The van der Waals surface area contributed by atoms with Crippen molar-refractivity contribution in [1.29, 1.82) is 0 Å². The van der Waals surface area contributed by atoms with Gasteiger partial charge in [-0.05, 0) is 5.92 Å². The molecule has 0 spiro atoms. The van der Waals surface area contributed by atoms with Gasteiger partial charge in [-0.15, -0.1) is 0 Å². The number of nitrogens with one attached hydrogen (secondary N) is 2. The third kappa shape index (κ3) is 3.34. The normalized spacial score (nSPS) is 12.8. The Morgan fingerprint density at radius 2 is 2.25 bits per heavy atom. The third-order valence-corrected chi connectivity index (χ3v) is 2.52. The highest BCUT2D eigenvalue weighted by atomic mass is 16.1. The topological polar surface area (TPSA) is 83.8 Å². The molecule has 5 heteroatoms. The Bertz CT molecular complexity index is 386. The lowest BCUT2D eigenvalue weighted by Crippen LogP contribution is -2.34. The molecule has 0 bridgehead atoms. The zero-order chi connectivity index (χ0) is 12.1. The van der Waals surface area contributed by atoms with E-state index in [9.17, 15) is 4.79 Å². The first-order valence-corrected chi connectivity index (χ1v) is 5.63. The van der Waals surface area contributed by atoms with Crippen LogP contribution in [0.3, 0.4) is 0 Å². The fourth-order valence-electron chi connectivity index (χ4n) is 1.44. The van der Waals surface area contributed by atoms with Gasteiger partial charge in [0.05, 0.1) is 0 Å². The van der Waals surface area contributed by atoms with Crippen molar-refractivity contribution < 1.29 is 0 Å². The van der Waals surface area contributed by atoms with Crippen LogP contribution in [-0.2, 0) is 6.42 Å². The fourth-order valence-corrected chi connectivity index (χ4v) is 1.44. The summed E-state index contributed by atoms with van der Waals surface area (Å²) in [6.45, 7) is 6.63. The molecule has 90 valence electrons. The van der Waals surface area contributed by atoms with Gasteiger partial charge in [0, 0.05) is 25.1 Å². The Labute approximate surface area is 95.5 Å². The Hall–Kier alpha value is -1.36. The zero-order valence-electron chi connectivity index (χ0n) is 10.1. The van der Waals surface area contributed by atoms with E-state index in [2.05, 4.69) is 29.1 Å². The molecule has 0 saturated carbocycles. The van der Waals surface area contributed by atoms with Gasteiger partial charge >= 0.3 is 0 Å². The van der Waals surface area contributed by atoms with E-state index in [0.29, 0.717) is 30.5 Å². The molecular weight excluding hydrogens is 204 g/mol. The van der Waals surface area contributed by atoms with Crippen molar-refractivity contribution in [3.05, 3.63) is 22.2 Å². The van der Waals surface area contributed by atoms with Gasteiger partial charge in [0.2, 0.25) is 0 Å². The molecule has 5 nitrogen and oxygen atoms in total. The van der Waals surface area contributed by atoms with E-state index in [1.165, 1.54) is 6.07 Å². The SMILES string of the molecule is CCc1nc(NC(CN)C(C)C)cc(=O)[nH]1. The van der Waals surface area contributed by atoms with Crippen LogP contribution in [0.25, 0.3) is 0 Å². The second-order valence-corrected chi connectivity index (χ2v) is 4.16. The fraction of sp³-hybridized carbons (Fsp3) is 0.636. The third-order valence-electron chi connectivity index (χ3n) is 2.52. The lowest BCUT2D eigenvalue weighted by Gasteiger charge is -2.21. The number of hydrogen-bond donors (Lipinski definition) is 3. The van der Waals surface area contributed by atoms with Crippen LogP contribution < -0.4 is 16.6 Å². The van der Waals surface area contributed by atoms with Gasteiger partial charge < -0.3 is 16.0 Å². The van der Waals surface area contributed by atoms with Gasteiger partial charge in [-0.2, -0.15) is 0 Å². The van der Waals surface area contributed by atoms with Crippen LogP contribution in [0, 0.1) is 5.92 Å². The van der Waals surface area contributed by atoms with Crippen LogP contribution >= 0.6 is 0 Å². The summed E-state index contributed by atoms with van der Waals surface area (Å²) >= 11 is 0. The van der Waals surface area contributed by atoms with Gasteiger partial charge in [-0.3, -0.25) is 4.79 Å². The molecule has 1 aromatic rings. The molecule has 16 heavy (non-hydrogen) atoms. The lowest BCUT2D eigenvalue weighted by molar-refractivity contribution is 0.529. The van der Waals surface area contributed by atoms with Crippen LogP contribution in [-0.4, -0.2) is 22.6 Å². The van der Waals surface area contributed by atoms with Gasteiger partial charge in [0.1, 0.15) is 11.6 Å². The van der Waals surface area contributed by atoms with E-state index >= 15 is 0 Å². The first-order chi connectivity index (χ1) is 7.56. The highest BCUT2D eigenvalue weighted by Crippen LogP contribution is 2.08. The molecular formula is C11H20N4O. The van der Waals surface area contributed by atoms with E-state index in [-0.39, 0.29) is 11.6 Å². The predicted octanol–water partition coefficient (Wildman–Crippen LogP) is 0.727. The predicted molar refractivity (Wildman–Crippen MR) is 65.5 cm³/mol. The molecule has 0 aliphatic heterocycles. The summed E-state index contributed by atoms with van der Waals surface area (Å²) in [4.78, 5) is 18.3. The minimum atomic E-state index is -0.131. The van der Waals surface area contributed by atoms with Crippen molar-refractivity contribution in [2.24, 2.45) is 11.7 Å². The van der Waals surface area contributed by atoms with E-state index in [4.69, 9.17) is 5.73 Å². The average Bonchev–Trinajstić information content (AvgIpc) is 2.24. The molecule has 0 aromatic carbocycles. The molecule has 0 radical (unpaired) electrons. The summed E-state index contributed by atoms with van der Waals surface area (Å²) in [6.07, 6.45) is 0.708. The highest BCUT2D eigenvalue weighted by molar-refractivity contribution is 5.34. The van der Waals surface area contributed by atoms with Crippen LogP contribution in [0.15, 0.2) is 10.9 Å². The van der Waals surface area contributed by atoms with Crippen molar-refractivity contribution in [3.8, 4) is 0 Å². The smallest absolute Gasteiger partial charge is 0.252 e. The minimum absolute atomic E-state index is 0.131. The molecule has 0 amide bonds. The van der Waals surface area contributed by atoms with Crippen molar-refractivity contribution in [1.82, 2.24) is 9.97 Å².